The molecule has 1 amide bonds. The molecule has 0 aliphatic carbocycles. The Bertz CT molecular complexity index is 1820. The van der Waals surface area contributed by atoms with Crippen molar-refractivity contribution in [2.75, 3.05) is 18.2 Å². The monoisotopic (exact) mass is 538 g/mol. The van der Waals surface area contributed by atoms with Gasteiger partial charge in [-0.15, -0.1) is 11.3 Å². The standard InChI is InChI=1S/C29H20FN5O3S/c1-37-21-12-10-17(11-13-21)23-15-22(18-6-5-7-19(30)14-18)25-26(31)27(39-29(25)32-23)28(36)33-24-16-35(34-38-24)20-8-3-2-4-9-20/h2-16H,1H3,(H2-,31,33,34,36)/p+1. The number of ether oxygens (including phenoxy) is 1. The van der Waals surface area contributed by atoms with Crippen LogP contribution in [0.1, 0.15) is 9.67 Å². The van der Waals surface area contributed by atoms with Gasteiger partial charge < -0.3 is 10.5 Å². The van der Waals surface area contributed by atoms with Crippen molar-refractivity contribution in [3.8, 4) is 33.8 Å². The zero-order valence-electron chi connectivity index (χ0n) is 20.6. The molecule has 0 radical (unpaired) electrons. The molecule has 0 saturated heterocycles. The first-order valence-corrected chi connectivity index (χ1v) is 12.7. The van der Waals surface area contributed by atoms with Gasteiger partial charge in [-0.25, -0.2) is 9.37 Å². The Hall–Kier alpha value is -5.09. The third-order valence-electron chi connectivity index (χ3n) is 6.15. The van der Waals surface area contributed by atoms with Crippen LogP contribution in [0.5, 0.6) is 5.75 Å². The molecule has 3 aromatic carbocycles. The minimum absolute atomic E-state index is 0.151. The number of anilines is 2. The van der Waals surface area contributed by atoms with E-state index in [-0.39, 0.29) is 22.3 Å². The number of para-hydroxylation sites is 1. The number of hydrogen-bond acceptors (Lipinski definition) is 7. The Morgan fingerprint density at radius 3 is 2.56 bits per heavy atom. The van der Waals surface area contributed by atoms with E-state index in [1.807, 2.05) is 60.7 Å². The average Bonchev–Trinajstić information content (AvgIpc) is 3.57. The summed E-state index contributed by atoms with van der Waals surface area (Å²) >= 11 is 1.15. The van der Waals surface area contributed by atoms with E-state index in [0.717, 1.165) is 22.6 Å². The van der Waals surface area contributed by atoms with Crippen molar-refractivity contribution < 1.29 is 23.1 Å². The third-order valence-corrected chi connectivity index (χ3v) is 7.25. The molecule has 3 N–H and O–H groups in total. The van der Waals surface area contributed by atoms with Gasteiger partial charge in [0, 0.05) is 23.1 Å². The van der Waals surface area contributed by atoms with Crippen LogP contribution in [0.25, 0.3) is 38.3 Å². The zero-order valence-corrected chi connectivity index (χ0v) is 21.4. The topological polar surface area (TPSA) is 107 Å². The van der Waals surface area contributed by atoms with E-state index in [2.05, 4.69) is 10.6 Å². The number of aromatic nitrogens is 3. The fourth-order valence-electron chi connectivity index (χ4n) is 4.26. The molecule has 0 spiro atoms. The number of pyridine rings is 1. The van der Waals surface area contributed by atoms with Crippen LogP contribution in [-0.4, -0.2) is 23.3 Å². The number of carbonyl (C=O) groups excluding carboxylic acids is 1. The van der Waals surface area contributed by atoms with E-state index >= 15 is 0 Å². The molecule has 0 unspecified atom stereocenters. The summed E-state index contributed by atoms with van der Waals surface area (Å²) in [5.74, 6) is 0.0128. The molecule has 0 bridgehead atoms. The highest BCUT2D eigenvalue weighted by Gasteiger charge is 2.24. The molecule has 6 rings (SSSR count). The van der Waals surface area contributed by atoms with Crippen molar-refractivity contribution in [1.29, 1.82) is 0 Å². The molecule has 0 saturated carbocycles. The van der Waals surface area contributed by atoms with Gasteiger partial charge in [-0.05, 0) is 58.3 Å². The zero-order chi connectivity index (χ0) is 26.9. The lowest BCUT2D eigenvalue weighted by Crippen LogP contribution is -2.31. The smallest absolute Gasteiger partial charge is 0.303 e. The number of benzene rings is 3. The van der Waals surface area contributed by atoms with Crippen LogP contribution in [0.3, 0.4) is 0 Å². The van der Waals surface area contributed by atoms with E-state index in [4.69, 9.17) is 20.0 Å². The highest BCUT2D eigenvalue weighted by Crippen LogP contribution is 2.41. The highest BCUT2D eigenvalue weighted by molar-refractivity contribution is 7.21. The number of amides is 1. The van der Waals surface area contributed by atoms with Crippen LogP contribution in [0.2, 0.25) is 0 Å². The molecular weight excluding hydrogens is 517 g/mol. The number of halogens is 1. The molecule has 39 heavy (non-hydrogen) atoms. The summed E-state index contributed by atoms with van der Waals surface area (Å²) in [4.78, 5) is 18.9. The summed E-state index contributed by atoms with van der Waals surface area (Å²) in [5.41, 5.74) is 10.3. The molecule has 0 aliphatic rings. The fraction of sp³-hybridized carbons (Fsp3) is 0.0345. The van der Waals surface area contributed by atoms with Gasteiger partial charge in [-0.1, -0.05) is 30.3 Å². The number of nitrogens with two attached hydrogens (primary N) is 1. The number of hydrogen-bond donors (Lipinski definition) is 2. The predicted octanol–water partition coefficient (Wildman–Crippen LogP) is 5.88. The minimum atomic E-state index is -0.469. The highest BCUT2D eigenvalue weighted by atomic mass is 32.1. The van der Waals surface area contributed by atoms with E-state index < -0.39 is 5.91 Å². The summed E-state index contributed by atoms with van der Waals surface area (Å²) in [5, 5.41) is 7.25. The number of nitrogen functional groups attached to an aromatic ring is 1. The summed E-state index contributed by atoms with van der Waals surface area (Å²) in [6, 6.07) is 24.9. The Balaban J connectivity index is 1.42. The maximum Gasteiger partial charge on any atom is 0.303 e. The van der Waals surface area contributed by atoms with Crippen molar-refractivity contribution in [3.63, 3.8) is 0 Å². The van der Waals surface area contributed by atoms with Gasteiger partial charge in [-0.2, -0.15) is 0 Å². The fourth-order valence-corrected chi connectivity index (χ4v) is 5.27. The van der Waals surface area contributed by atoms with Crippen LogP contribution in [0, 0.1) is 5.82 Å². The lowest BCUT2D eigenvalue weighted by molar-refractivity contribution is -0.670. The first-order valence-electron chi connectivity index (χ1n) is 11.9. The van der Waals surface area contributed by atoms with Gasteiger partial charge in [-0.3, -0.25) is 14.6 Å². The second-order valence-corrected chi connectivity index (χ2v) is 9.62. The quantitative estimate of drug-likeness (QED) is 0.257. The van der Waals surface area contributed by atoms with E-state index in [1.54, 1.807) is 25.4 Å². The molecular formula is C29H21FN5O3S+. The van der Waals surface area contributed by atoms with E-state index in [9.17, 15) is 9.18 Å². The molecule has 10 heteroatoms. The van der Waals surface area contributed by atoms with Crippen molar-refractivity contribution >= 4 is 39.0 Å². The van der Waals surface area contributed by atoms with Crippen LogP contribution in [0.15, 0.2) is 95.6 Å². The van der Waals surface area contributed by atoms with Crippen molar-refractivity contribution in [1.82, 2.24) is 10.3 Å². The molecule has 0 atom stereocenters. The maximum absolute atomic E-state index is 14.2. The first-order chi connectivity index (χ1) is 19.0. The largest absolute Gasteiger partial charge is 0.497 e. The summed E-state index contributed by atoms with van der Waals surface area (Å²) in [6.07, 6.45) is 1.56. The van der Waals surface area contributed by atoms with Crippen molar-refractivity contribution in [2.24, 2.45) is 0 Å². The second-order valence-electron chi connectivity index (χ2n) is 8.62. The van der Waals surface area contributed by atoms with Crippen molar-refractivity contribution in [3.05, 3.63) is 102 Å². The van der Waals surface area contributed by atoms with Crippen LogP contribution in [-0.2, 0) is 0 Å². The molecule has 192 valence electrons. The SMILES string of the molecule is COc1ccc(-c2cc(-c3cccc(F)c3)c3c(N)c(C(=O)Nc4c[n+](-c5ccccc5)no4)sc3n2)cc1. The van der Waals surface area contributed by atoms with Crippen LogP contribution in [0.4, 0.5) is 16.0 Å². The molecule has 0 aliphatic heterocycles. The number of nitrogens with zero attached hydrogens (tertiary/aromatic N) is 3. The summed E-state index contributed by atoms with van der Waals surface area (Å²) in [6.45, 7) is 0. The molecule has 3 aromatic heterocycles. The second kappa shape index (κ2) is 9.99. The van der Waals surface area contributed by atoms with Crippen LogP contribution >= 0.6 is 11.3 Å². The van der Waals surface area contributed by atoms with E-state index in [0.29, 0.717) is 32.8 Å². The Morgan fingerprint density at radius 2 is 1.82 bits per heavy atom. The van der Waals surface area contributed by atoms with Crippen molar-refractivity contribution in [2.45, 2.75) is 0 Å². The predicted molar refractivity (Wildman–Crippen MR) is 147 cm³/mol. The van der Waals surface area contributed by atoms with Crippen LogP contribution < -0.4 is 20.5 Å². The summed E-state index contributed by atoms with van der Waals surface area (Å²) < 4.78 is 26.3. The van der Waals surface area contributed by atoms with Gasteiger partial charge in [0.25, 0.3) is 12.1 Å². The lowest BCUT2D eigenvalue weighted by Gasteiger charge is -2.09. The normalized spacial score (nSPS) is 11.0. The number of nitrogens with one attached hydrogen (secondary N) is 1. The Kier molecular flexibility index (Phi) is 6.22. The first kappa shape index (κ1) is 24.3. The molecule has 6 aromatic rings. The van der Waals surface area contributed by atoms with Gasteiger partial charge in [0.05, 0.1) is 18.5 Å². The van der Waals surface area contributed by atoms with Gasteiger partial charge in [0.2, 0.25) is 11.0 Å². The van der Waals surface area contributed by atoms with E-state index in [1.165, 1.54) is 16.8 Å². The number of thiophene rings is 1. The number of fused-ring (bicyclic) bond motifs is 1. The number of methoxy groups -OCH3 is 1. The Morgan fingerprint density at radius 1 is 1.03 bits per heavy atom. The van der Waals surface area contributed by atoms with Gasteiger partial charge in [0.1, 0.15) is 21.3 Å². The number of carbonyl (C=O) groups is 1. The lowest BCUT2D eigenvalue weighted by atomic mass is 9.99. The Labute approximate surface area is 226 Å². The third kappa shape index (κ3) is 4.69. The minimum Gasteiger partial charge on any atom is -0.497 e. The average molecular weight is 539 g/mol. The van der Waals surface area contributed by atoms with Gasteiger partial charge in [0.15, 0.2) is 0 Å². The molecule has 8 nitrogen and oxygen atoms in total. The summed E-state index contributed by atoms with van der Waals surface area (Å²) in [7, 11) is 1.60. The van der Waals surface area contributed by atoms with Gasteiger partial charge >= 0.3 is 5.88 Å². The maximum atomic E-state index is 14.2. The molecule has 0 fully saturated rings. The molecule has 3 heterocycles. The number of rotatable bonds is 6.